The monoisotopic (exact) mass is 337 g/mol. The summed E-state index contributed by atoms with van der Waals surface area (Å²) in [6, 6.07) is 5.23. The lowest BCUT2D eigenvalue weighted by Crippen LogP contribution is -2.39. The highest BCUT2D eigenvalue weighted by molar-refractivity contribution is 8.13. The van der Waals surface area contributed by atoms with E-state index in [0.717, 1.165) is 11.0 Å². The molecule has 0 N–H and O–H groups in total. The largest absolute Gasteiger partial charge is 0.443 e. The Kier molecular flexibility index (Phi) is 5.58. The van der Waals surface area contributed by atoms with Crippen LogP contribution < -0.4 is 4.90 Å². The fourth-order valence-electron chi connectivity index (χ4n) is 1.49. The van der Waals surface area contributed by atoms with Crippen LogP contribution in [0.2, 0.25) is 0 Å². The van der Waals surface area contributed by atoms with Crippen LogP contribution in [-0.2, 0) is 13.8 Å². The van der Waals surface area contributed by atoms with Crippen molar-refractivity contribution < 1.29 is 22.3 Å². The maximum absolute atomic E-state index is 13.3. The summed E-state index contributed by atoms with van der Waals surface area (Å²) in [6.45, 7) is 4.79. The van der Waals surface area contributed by atoms with Gasteiger partial charge in [-0.25, -0.2) is 17.6 Å². The van der Waals surface area contributed by atoms with Gasteiger partial charge in [0.25, 0.3) is 0 Å². The molecule has 0 bridgehead atoms. The molecule has 0 atom stereocenters. The average molecular weight is 338 g/mol. The predicted molar refractivity (Wildman–Crippen MR) is 79.6 cm³/mol. The van der Waals surface area contributed by atoms with Gasteiger partial charge >= 0.3 is 6.09 Å². The Labute approximate surface area is 128 Å². The average Bonchev–Trinajstić information content (AvgIpc) is 2.25. The van der Waals surface area contributed by atoms with E-state index in [2.05, 4.69) is 0 Å². The van der Waals surface area contributed by atoms with E-state index in [0.29, 0.717) is 0 Å². The maximum Gasteiger partial charge on any atom is 0.414 e. The van der Waals surface area contributed by atoms with Crippen LogP contribution in [-0.4, -0.2) is 32.4 Å². The van der Waals surface area contributed by atoms with Gasteiger partial charge in [0, 0.05) is 22.9 Å². The molecule has 1 aromatic rings. The molecule has 0 unspecified atom stereocenters. The highest BCUT2D eigenvalue weighted by atomic mass is 35.7. The number of carbonyl (C=O) groups is 1. The van der Waals surface area contributed by atoms with Crippen molar-refractivity contribution in [3.8, 4) is 0 Å². The van der Waals surface area contributed by atoms with Crippen LogP contribution in [0.4, 0.5) is 14.9 Å². The lowest BCUT2D eigenvalue weighted by molar-refractivity contribution is 0.0582. The van der Waals surface area contributed by atoms with Gasteiger partial charge in [-0.15, -0.1) is 0 Å². The zero-order valence-electron chi connectivity index (χ0n) is 12.0. The molecule has 0 radical (unpaired) electrons. The molecule has 0 saturated heterocycles. The van der Waals surface area contributed by atoms with Crippen LogP contribution in [0.3, 0.4) is 0 Å². The summed E-state index contributed by atoms with van der Waals surface area (Å²) >= 11 is 0. The van der Waals surface area contributed by atoms with Gasteiger partial charge < -0.3 is 4.74 Å². The molecule has 0 fully saturated rings. The fourth-order valence-corrected chi connectivity index (χ4v) is 2.09. The first-order valence-electron chi connectivity index (χ1n) is 6.16. The minimum atomic E-state index is -3.79. The maximum atomic E-state index is 13.3. The normalized spacial score (nSPS) is 12.0. The molecule has 8 heteroatoms. The summed E-state index contributed by atoms with van der Waals surface area (Å²) in [5.41, 5.74) is -0.563. The summed E-state index contributed by atoms with van der Waals surface area (Å²) < 4.78 is 40.6. The molecule has 1 aromatic carbocycles. The third-order valence-electron chi connectivity index (χ3n) is 2.29. The Morgan fingerprint density at radius 1 is 1.38 bits per heavy atom. The third-order valence-corrected chi connectivity index (χ3v) is 3.43. The van der Waals surface area contributed by atoms with Crippen molar-refractivity contribution in [3.63, 3.8) is 0 Å². The summed E-state index contributed by atoms with van der Waals surface area (Å²) in [7, 11) is 1.37. The number of halogens is 2. The number of rotatable bonds is 4. The Morgan fingerprint density at radius 2 is 2.00 bits per heavy atom. The van der Waals surface area contributed by atoms with Crippen molar-refractivity contribution in [1.29, 1.82) is 0 Å². The molecule has 0 aliphatic heterocycles. The van der Waals surface area contributed by atoms with Crippen LogP contribution in [0.1, 0.15) is 20.8 Å². The number of benzene rings is 1. The van der Waals surface area contributed by atoms with Crippen LogP contribution >= 0.6 is 10.7 Å². The Balaban J connectivity index is 3.02. The van der Waals surface area contributed by atoms with Gasteiger partial charge in [0.2, 0.25) is 9.05 Å². The standard InChI is InChI=1S/C13H17ClFNO4S/c1-13(2,3)20-12(17)16(7-8-21(14,18)19)11-6-4-5-10(15)9-11/h4-6,9H,7-8H2,1-3H3. The summed E-state index contributed by atoms with van der Waals surface area (Å²) in [4.78, 5) is 13.2. The molecule has 0 spiro atoms. The molecule has 1 amide bonds. The number of amides is 1. The van der Waals surface area contributed by atoms with Gasteiger partial charge in [0.1, 0.15) is 11.4 Å². The molecule has 21 heavy (non-hydrogen) atoms. The van der Waals surface area contributed by atoms with Crippen LogP contribution in [0.25, 0.3) is 0 Å². The second-order valence-electron chi connectivity index (χ2n) is 5.35. The number of hydrogen-bond donors (Lipinski definition) is 0. The Bertz CT molecular complexity index is 613. The molecule has 5 nitrogen and oxygen atoms in total. The van der Waals surface area contributed by atoms with Crippen molar-refractivity contribution in [3.05, 3.63) is 30.1 Å². The van der Waals surface area contributed by atoms with Gasteiger partial charge in [-0.2, -0.15) is 0 Å². The van der Waals surface area contributed by atoms with E-state index >= 15 is 0 Å². The van der Waals surface area contributed by atoms with Crippen LogP contribution in [0.5, 0.6) is 0 Å². The first kappa shape index (κ1) is 17.7. The molecular weight excluding hydrogens is 321 g/mol. The van der Waals surface area contributed by atoms with E-state index in [-0.39, 0.29) is 12.2 Å². The van der Waals surface area contributed by atoms with Gasteiger partial charge in [-0.3, -0.25) is 4.90 Å². The molecule has 0 aromatic heterocycles. The van der Waals surface area contributed by atoms with Gasteiger partial charge in [0.15, 0.2) is 0 Å². The molecule has 0 saturated carbocycles. The summed E-state index contributed by atoms with van der Waals surface area (Å²) in [5, 5.41) is 0. The van der Waals surface area contributed by atoms with E-state index in [1.54, 1.807) is 20.8 Å². The zero-order valence-corrected chi connectivity index (χ0v) is 13.5. The molecule has 0 aliphatic carbocycles. The number of nitrogens with zero attached hydrogens (tertiary/aromatic N) is 1. The molecular formula is C13H17ClFNO4S. The Hall–Kier alpha value is -1.34. The minimum absolute atomic E-state index is 0.199. The zero-order chi connectivity index (χ0) is 16.3. The SMILES string of the molecule is CC(C)(C)OC(=O)N(CCS(=O)(=O)Cl)c1cccc(F)c1. The molecule has 0 aliphatic rings. The summed E-state index contributed by atoms with van der Waals surface area (Å²) in [5.74, 6) is -1.01. The van der Waals surface area contributed by atoms with Crippen molar-refractivity contribution >= 4 is 31.5 Å². The van der Waals surface area contributed by atoms with E-state index in [4.69, 9.17) is 15.4 Å². The first-order chi connectivity index (χ1) is 9.48. The quantitative estimate of drug-likeness (QED) is 0.792. The number of anilines is 1. The van der Waals surface area contributed by atoms with Crippen molar-refractivity contribution in [2.75, 3.05) is 17.2 Å². The summed E-state index contributed by atoms with van der Waals surface area (Å²) in [6.07, 6.45) is -0.770. The smallest absolute Gasteiger partial charge is 0.414 e. The highest BCUT2D eigenvalue weighted by Gasteiger charge is 2.24. The van der Waals surface area contributed by atoms with Crippen molar-refractivity contribution in [2.24, 2.45) is 0 Å². The fraction of sp³-hybridized carbons (Fsp3) is 0.462. The first-order valence-corrected chi connectivity index (χ1v) is 8.64. The minimum Gasteiger partial charge on any atom is -0.443 e. The van der Waals surface area contributed by atoms with E-state index in [1.165, 1.54) is 18.2 Å². The second-order valence-corrected chi connectivity index (χ2v) is 8.25. The van der Waals surface area contributed by atoms with Crippen LogP contribution in [0.15, 0.2) is 24.3 Å². The highest BCUT2D eigenvalue weighted by Crippen LogP contribution is 2.19. The molecule has 118 valence electrons. The van der Waals surface area contributed by atoms with E-state index in [9.17, 15) is 17.6 Å². The number of carbonyl (C=O) groups excluding carboxylic acids is 1. The predicted octanol–water partition coefficient (Wildman–Crippen LogP) is 3.14. The lowest BCUT2D eigenvalue weighted by atomic mass is 10.2. The van der Waals surface area contributed by atoms with Crippen molar-refractivity contribution in [2.45, 2.75) is 26.4 Å². The van der Waals surface area contributed by atoms with E-state index < -0.39 is 32.3 Å². The van der Waals surface area contributed by atoms with Gasteiger partial charge in [0.05, 0.1) is 5.75 Å². The number of hydrogen-bond acceptors (Lipinski definition) is 4. The second kappa shape index (κ2) is 6.62. The molecule has 0 heterocycles. The van der Waals surface area contributed by atoms with Gasteiger partial charge in [-0.05, 0) is 39.0 Å². The lowest BCUT2D eigenvalue weighted by Gasteiger charge is -2.27. The Morgan fingerprint density at radius 3 is 2.48 bits per heavy atom. The van der Waals surface area contributed by atoms with Crippen molar-refractivity contribution in [1.82, 2.24) is 0 Å². The number of ether oxygens (including phenoxy) is 1. The molecule has 1 rings (SSSR count). The third kappa shape index (κ3) is 6.77. The topological polar surface area (TPSA) is 63.7 Å². The van der Waals surface area contributed by atoms with E-state index in [1.807, 2.05) is 0 Å². The van der Waals surface area contributed by atoms with Crippen LogP contribution in [0, 0.1) is 5.82 Å². The van der Waals surface area contributed by atoms with Gasteiger partial charge in [-0.1, -0.05) is 6.07 Å².